The summed E-state index contributed by atoms with van der Waals surface area (Å²) in [6.45, 7) is 4.43. The Morgan fingerprint density at radius 1 is 1.09 bits per heavy atom. The van der Waals surface area contributed by atoms with E-state index in [0.29, 0.717) is 26.6 Å². The van der Waals surface area contributed by atoms with Crippen LogP contribution in [0.25, 0.3) is 0 Å². The van der Waals surface area contributed by atoms with Gasteiger partial charge in [-0.05, 0) is 69.5 Å². The number of alkyl halides is 3. The van der Waals surface area contributed by atoms with Crippen molar-refractivity contribution < 1.29 is 51.0 Å². The van der Waals surface area contributed by atoms with Gasteiger partial charge in [-0.15, -0.1) is 0 Å². The summed E-state index contributed by atoms with van der Waals surface area (Å²) in [6, 6.07) is 6.22. The van der Waals surface area contributed by atoms with Crippen LogP contribution in [0.5, 0.6) is 0 Å². The molecule has 11 nitrogen and oxygen atoms in total. The summed E-state index contributed by atoms with van der Waals surface area (Å²) in [6.07, 6.45) is -5.77. The Bertz CT molecular complexity index is 1520. The monoisotopic (exact) mass is 650 g/mol. The molecule has 15 heteroatoms. The van der Waals surface area contributed by atoms with Crippen molar-refractivity contribution in [2.75, 3.05) is 18.4 Å². The molecule has 2 aromatic rings. The molecule has 1 aliphatic carbocycles. The van der Waals surface area contributed by atoms with E-state index in [-0.39, 0.29) is 31.4 Å². The maximum atomic E-state index is 13.7. The fraction of sp³-hybridized carbons (Fsp3) is 0.452. The molecular formula is C31H34F4N4O7. The third-order valence-electron chi connectivity index (χ3n) is 7.47. The third-order valence-corrected chi connectivity index (χ3v) is 7.47. The number of ether oxygens (including phenoxy) is 2. The second kappa shape index (κ2) is 13.0. The molecule has 1 heterocycles. The standard InChI is InChI=1S/C31H34F4N4O7/c1-18(31(33,34)35)38(16-19-5-7-21(32)8-6-19)24(40)17-39-26(42)30(46-28(39)44)13-11-20-15-22(9-10-23(20)30)37-27(43)36-14-12-25(41)45-29(2,3)4/h5-10,15,18H,11-14,16-17H2,1-4H3,(H2,36,37,43)/t18?,30-/m1/s1. The highest BCUT2D eigenvalue weighted by Gasteiger charge is 2.58. The minimum Gasteiger partial charge on any atom is -0.460 e. The molecule has 46 heavy (non-hydrogen) atoms. The fourth-order valence-corrected chi connectivity index (χ4v) is 5.21. The van der Waals surface area contributed by atoms with Crippen LogP contribution in [0, 0.1) is 5.82 Å². The van der Waals surface area contributed by atoms with E-state index >= 15 is 0 Å². The van der Waals surface area contributed by atoms with Gasteiger partial charge in [-0.2, -0.15) is 13.2 Å². The van der Waals surface area contributed by atoms with Crippen molar-refractivity contribution in [1.29, 1.82) is 0 Å². The van der Waals surface area contributed by atoms with Gasteiger partial charge in [0.2, 0.25) is 11.5 Å². The fourth-order valence-electron chi connectivity index (χ4n) is 5.21. The Morgan fingerprint density at radius 3 is 2.39 bits per heavy atom. The van der Waals surface area contributed by atoms with Gasteiger partial charge >= 0.3 is 24.3 Å². The first-order valence-corrected chi connectivity index (χ1v) is 14.5. The lowest BCUT2D eigenvalue weighted by Crippen LogP contribution is -2.51. The topological polar surface area (TPSA) is 134 Å². The number of carbonyl (C=O) groups is 5. The molecule has 1 unspecified atom stereocenters. The van der Waals surface area contributed by atoms with Crippen molar-refractivity contribution >= 4 is 35.6 Å². The number of hydrogen-bond acceptors (Lipinski definition) is 7. The molecule has 5 amide bonds. The molecule has 2 aromatic carbocycles. The highest BCUT2D eigenvalue weighted by molar-refractivity contribution is 6.06. The minimum absolute atomic E-state index is 0.0153. The number of nitrogens with zero attached hydrogens (tertiary/aromatic N) is 2. The maximum absolute atomic E-state index is 13.7. The van der Waals surface area contributed by atoms with Crippen LogP contribution in [0.3, 0.4) is 0 Å². The summed E-state index contributed by atoms with van der Waals surface area (Å²) in [4.78, 5) is 64.8. The van der Waals surface area contributed by atoms with E-state index in [2.05, 4.69) is 10.6 Å². The molecule has 0 saturated carbocycles. The second-order valence-electron chi connectivity index (χ2n) is 12.0. The SMILES string of the molecule is CC(N(Cc1ccc(F)cc1)C(=O)CN1C(=O)O[C@@]2(CCc3cc(NC(=O)NCCC(=O)OC(C)(C)C)ccc32)C1=O)C(F)(F)F. The van der Waals surface area contributed by atoms with E-state index in [4.69, 9.17) is 9.47 Å². The zero-order chi connectivity index (χ0) is 34.0. The number of aryl methyl sites for hydroxylation is 1. The number of imide groups is 1. The van der Waals surface area contributed by atoms with Crippen LogP contribution in [0.1, 0.15) is 57.2 Å². The quantitative estimate of drug-likeness (QED) is 0.295. The van der Waals surface area contributed by atoms with E-state index in [1.54, 1.807) is 26.8 Å². The molecule has 1 spiro atoms. The van der Waals surface area contributed by atoms with Crippen LogP contribution in [-0.2, 0) is 42.4 Å². The molecule has 248 valence electrons. The Labute approximate surface area is 262 Å². The van der Waals surface area contributed by atoms with Crippen LogP contribution in [0.2, 0.25) is 0 Å². The second-order valence-corrected chi connectivity index (χ2v) is 12.0. The van der Waals surface area contributed by atoms with E-state index in [0.717, 1.165) is 19.1 Å². The molecule has 0 bridgehead atoms. The molecule has 2 aliphatic rings. The first kappa shape index (κ1) is 34.2. The molecule has 1 fully saturated rings. The number of esters is 1. The van der Waals surface area contributed by atoms with Crippen LogP contribution >= 0.6 is 0 Å². The summed E-state index contributed by atoms with van der Waals surface area (Å²) < 4.78 is 65.1. The predicted molar refractivity (Wildman–Crippen MR) is 155 cm³/mol. The van der Waals surface area contributed by atoms with E-state index in [1.807, 2.05) is 0 Å². The number of benzene rings is 2. The smallest absolute Gasteiger partial charge is 0.418 e. The molecule has 0 aromatic heterocycles. The van der Waals surface area contributed by atoms with Crippen molar-refractivity contribution in [2.24, 2.45) is 0 Å². The summed E-state index contributed by atoms with van der Waals surface area (Å²) in [5.74, 6) is -3.14. The lowest BCUT2D eigenvalue weighted by molar-refractivity contribution is -0.187. The highest BCUT2D eigenvalue weighted by atomic mass is 19.4. The van der Waals surface area contributed by atoms with Crippen molar-refractivity contribution in [2.45, 2.75) is 76.9 Å². The van der Waals surface area contributed by atoms with Gasteiger partial charge in [0.05, 0.1) is 6.42 Å². The number of amides is 5. The number of nitrogens with one attached hydrogen (secondary N) is 2. The number of fused-ring (bicyclic) bond motifs is 2. The van der Waals surface area contributed by atoms with Crippen LogP contribution < -0.4 is 10.6 Å². The van der Waals surface area contributed by atoms with Gasteiger partial charge in [0.15, 0.2) is 0 Å². The number of hydrogen-bond donors (Lipinski definition) is 2. The number of rotatable bonds is 9. The van der Waals surface area contributed by atoms with Crippen LogP contribution in [0.4, 0.5) is 32.8 Å². The Hall–Kier alpha value is -4.69. The van der Waals surface area contributed by atoms with Gasteiger partial charge < -0.3 is 25.0 Å². The average Bonchev–Trinajstić information content (AvgIpc) is 3.42. The van der Waals surface area contributed by atoms with E-state index in [9.17, 15) is 41.5 Å². The zero-order valence-corrected chi connectivity index (χ0v) is 25.6. The van der Waals surface area contributed by atoms with Crippen molar-refractivity contribution in [1.82, 2.24) is 15.1 Å². The summed E-state index contributed by atoms with van der Waals surface area (Å²) in [5.41, 5.74) is -0.971. The number of urea groups is 1. The summed E-state index contributed by atoms with van der Waals surface area (Å²) >= 11 is 0. The molecular weight excluding hydrogens is 616 g/mol. The van der Waals surface area contributed by atoms with Crippen LogP contribution in [0.15, 0.2) is 42.5 Å². The lowest BCUT2D eigenvalue weighted by atomic mass is 9.94. The molecule has 0 radical (unpaired) electrons. The molecule has 1 aliphatic heterocycles. The number of carbonyl (C=O) groups excluding carboxylic acids is 5. The lowest BCUT2D eigenvalue weighted by Gasteiger charge is -2.31. The Balaban J connectivity index is 1.43. The normalized spacial score (nSPS) is 18.2. The van der Waals surface area contributed by atoms with E-state index < -0.39 is 72.2 Å². The maximum Gasteiger partial charge on any atom is 0.418 e. The largest absolute Gasteiger partial charge is 0.460 e. The van der Waals surface area contributed by atoms with Gasteiger partial charge in [0.1, 0.15) is 24.0 Å². The Morgan fingerprint density at radius 2 is 1.76 bits per heavy atom. The molecule has 4 rings (SSSR count). The van der Waals surface area contributed by atoms with E-state index in [1.165, 1.54) is 24.3 Å². The number of anilines is 1. The van der Waals surface area contributed by atoms with Gasteiger partial charge in [-0.25, -0.2) is 18.9 Å². The first-order valence-electron chi connectivity index (χ1n) is 14.5. The first-order chi connectivity index (χ1) is 21.4. The zero-order valence-electron chi connectivity index (χ0n) is 25.6. The Kier molecular flexibility index (Phi) is 9.64. The number of halogens is 4. The van der Waals surface area contributed by atoms with Gasteiger partial charge in [-0.3, -0.25) is 14.4 Å². The van der Waals surface area contributed by atoms with Gasteiger partial charge in [0, 0.05) is 30.8 Å². The van der Waals surface area contributed by atoms with Crippen molar-refractivity contribution in [3.63, 3.8) is 0 Å². The minimum atomic E-state index is -4.82. The highest BCUT2D eigenvalue weighted by Crippen LogP contribution is 2.46. The summed E-state index contributed by atoms with van der Waals surface area (Å²) in [7, 11) is 0. The van der Waals surface area contributed by atoms with Crippen LogP contribution in [-0.4, -0.2) is 70.6 Å². The molecule has 2 N–H and O–H groups in total. The predicted octanol–water partition coefficient (Wildman–Crippen LogP) is 4.78. The van der Waals surface area contributed by atoms with Crippen molar-refractivity contribution in [3.8, 4) is 0 Å². The third kappa shape index (κ3) is 7.74. The molecule has 1 saturated heterocycles. The molecule has 2 atom stereocenters. The van der Waals surface area contributed by atoms with Gasteiger partial charge in [-0.1, -0.05) is 18.2 Å². The summed E-state index contributed by atoms with van der Waals surface area (Å²) in [5, 5.41) is 5.16. The van der Waals surface area contributed by atoms with Crippen molar-refractivity contribution in [3.05, 3.63) is 65.0 Å². The average molecular weight is 651 g/mol. The van der Waals surface area contributed by atoms with Gasteiger partial charge in [0.25, 0.3) is 5.91 Å².